The Bertz CT molecular complexity index is 279. The molecule has 0 atom stereocenters. The second kappa shape index (κ2) is 3.62. The van der Waals surface area contributed by atoms with Crippen LogP contribution in [0.3, 0.4) is 0 Å². The molecule has 56 valence electrons. The largest absolute Gasteiger partial charge is 0.495 e. The van der Waals surface area contributed by atoms with Crippen molar-refractivity contribution in [2.45, 2.75) is 6.92 Å². The van der Waals surface area contributed by atoms with Crippen molar-refractivity contribution >= 4 is 0 Å². The number of aromatic nitrogens is 1. The molecule has 0 saturated carbocycles. The lowest BCUT2D eigenvalue weighted by atomic mass is 10.3. The molecular formula is C9H9NO. The number of rotatable bonds is 1. The maximum atomic E-state index is 4.94. The number of pyridine rings is 1. The molecule has 0 aliphatic carbocycles. The Morgan fingerprint density at radius 3 is 2.73 bits per heavy atom. The minimum absolute atomic E-state index is 0.756. The standard InChI is InChI=1S/C9H9NO/c1-3-4-8-5-6-9(11-2)7-10-8/h5-7H,1-2H3. The molecule has 0 radical (unpaired) electrons. The third-order valence-electron chi connectivity index (χ3n) is 1.23. The fourth-order valence-corrected chi connectivity index (χ4v) is 0.703. The van der Waals surface area contributed by atoms with Crippen LogP contribution in [0.4, 0.5) is 0 Å². The smallest absolute Gasteiger partial charge is 0.137 e. The van der Waals surface area contributed by atoms with E-state index in [0.717, 1.165) is 11.4 Å². The van der Waals surface area contributed by atoms with Crippen molar-refractivity contribution in [1.82, 2.24) is 4.98 Å². The van der Waals surface area contributed by atoms with E-state index in [2.05, 4.69) is 16.8 Å². The normalized spacial score (nSPS) is 8.18. The summed E-state index contributed by atoms with van der Waals surface area (Å²) >= 11 is 0. The first-order valence-corrected chi connectivity index (χ1v) is 3.29. The van der Waals surface area contributed by atoms with Gasteiger partial charge in [-0.2, -0.15) is 0 Å². The van der Waals surface area contributed by atoms with Crippen LogP contribution < -0.4 is 4.74 Å². The number of ether oxygens (including phenoxy) is 1. The molecule has 0 aliphatic rings. The van der Waals surface area contributed by atoms with Crippen LogP contribution in [0.2, 0.25) is 0 Å². The van der Waals surface area contributed by atoms with Crippen LogP contribution in [0, 0.1) is 11.8 Å². The molecule has 1 heterocycles. The highest BCUT2D eigenvalue weighted by Gasteiger charge is 1.89. The molecule has 0 saturated heterocycles. The van der Waals surface area contributed by atoms with Gasteiger partial charge in [0, 0.05) is 0 Å². The van der Waals surface area contributed by atoms with Gasteiger partial charge >= 0.3 is 0 Å². The Kier molecular flexibility index (Phi) is 2.51. The second-order valence-corrected chi connectivity index (χ2v) is 1.96. The van der Waals surface area contributed by atoms with Crippen LogP contribution in [0.5, 0.6) is 5.75 Å². The zero-order valence-electron chi connectivity index (χ0n) is 6.59. The van der Waals surface area contributed by atoms with Crippen LogP contribution in [0.1, 0.15) is 12.6 Å². The molecule has 0 unspecified atom stereocenters. The molecule has 0 amide bonds. The molecule has 1 aromatic heterocycles. The van der Waals surface area contributed by atoms with Crippen molar-refractivity contribution < 1.29 is 4.74 Å². The molecule has 2 heteroatoms. The maximum Gasteiger partial charge on any atom is 0.137 e. The average Bonchev–Trinajstić information content (AvgIpc) is 2.07. The fourth-order valence-electron chi connectivity index (χ4n) is 0.703. The Balaban J connectivity index is 2.88. The number of nitrogens with zero attached hydrogens (tertiary/aromatic N) is 1. The summed E-state index contributed by atoms with van der Waals surface area (Å²) in [5.41, 5.74) is 0.772. The van der Waals surface area contributed by atoms with E-state index < -0.39 is 0 Å². The van der Waals surface area contributed by atoms with Gasteiger partial charge in [0.25, 0.3) is 0 Å². The van der Waals surface area contributed by atoms with Crippen molar-refractivity contribution in [3.63, 3.8) is 0 Å². The van der Waals surface area contributed by atoms with Crippen LogP contribution >= 0.6 is 0 Å². The summed E-state index contributed by atoms with van der Waals surface area (Å²) in [6.45, 7) is 1.78. The summed E-state index contributed by atoms with van der Waals surface area (Å²) in [4.78, 5) is 4.04. The molecule has 11 heavy (non-hydrogen) atoms. The zero-order chi connectivity index (χ0) is 8.10. The molecule has 1 rings (SSSR count). The van der Waals surface area contributed by atoms with Crippen LogP contribution in [-0.2, 0) is 0 Å². The van der Waals surface area contributed by atoms with Crippen molar-refractivity contribution in [3.8, 4) is 17.6 Å². The number of hydrogen-bond donors (Lipinski definition) is 0. The SMILES string of the molecule is CC#Cc1ccc(OC)cn1. The van der Waals surface area contributed by atoms with Gasteiger partial charge in [-0.15, -0.1) is 0 Å². The molecule has 0 aromatic carbocycles. The summed E-state index contributed by atoms with van der Waals surface area (Å²) < 4.78 is 4.94. The van der Waals surface area contributed by atoms with E-state index in [1.54, 1.807) is 20.2 Å². The Morgan fingerprint density at radius 1 is 1.45 bits per heavy atom. The lowest BCUT2D eigenvalue weighted by Gasteiger charge is -1.96. The summed E-state index contributed by atoms with van der Waals surface area (Å²) in [6, 6.07) is 3.67. The first kappa shape index (κ1) is 7.62. The van der Waals surface area contributed by atoms with Crippen LogP contribution in [0.15, 0.2) is 18.3 Å². The lowest BCUT2D eigenvalue weighted by molar-refractivity contribution is 0.413. The lowest BCUT2D eigenvalue weighted by Crippen LogP contribution is -1.85. The molecule has 0 bridgehead atoms. The van der Waals surface area contributed by atoms with E-state index in [9.17, 15) is 0 Å². The molecule has 0 fully saturated rings. The highest BCUT2D eigenvalue weighted by atomic mass is 16.5. The predicted octanol–water partition coefficient (Wildman–Crippen LogP) is 1.46. The minimum atomic E-state index is 0.756. The molecule has 0 N–H and O–H groups in total. The predicted molar refractivity (Wildman–Crippen MR) is 43.3 cm³/mol. The third kappa shape index (κ3) is 1.98. The van der Waals surface area contributed by atoms with E-state index >= 15 is 0 Å². The minimum Gasteiger partial charge on any atom is -0.495 e. The van der Waals surface area contributed by atoms with Gasteiger partial charge in [0.05, 0.1) is 13.3 Å². The summed E-state index contributed by atoms with van der Waals surface area (Å²) in [7, 11) is 1.61. The van der Waals surface area contributed by atoms with Gasteiger partial charge in [0.2, 0.25) is 0 Å². The third-order valence-corrected chi connectivity index (χ3v) is 1.23. The van der Waals surface area contributed by atoms with Crippen molar-refractivity contribution in [2.24, 2.45) is 0 Å². The quantitative estimate of drug-likeness (QED) is 0.561. The van der Waals surface area contributed by atoms with E-state index in [1.807, 2.05) is 12.1 Å². The molecule has 1 aromatic rings. The number of methoxy groups -OCH3 is 1. The Morgan fingerprint density at radius 2 is 2.27 bits per heavy atom. The van der Waals surface area contributed by atoms with Gasteiger partial charge < -0.3 is 4.74 Å². The summed E-state index contributed by atoms with van der Waals surface area (Å²) in [5, 5.41) is 0. The van der Waals surface area contributed by atoms with E-state index in [-0.39, 0.29) is 0 Å². The Labute approximate surface area is 66.2 Å². The van der Waals surface area contributed by atoms with Crippen molar-refractivity contribution in [1.29, 1.82) is 0 Å². The van der Waals surface area contributed by atoms with E-state index in [0.29, 0.717) is 0 Å². The first-order chi connectivity index (χ1) is 5.36. The topological polar surface area (TPSA) is 22.1 Å². The van der Waals surface area contributed by atoms with Gasteiger partial charge in [-0.25, -0.2) is 4.98 Å². The first-order valence-electron chi connectivity index (χ1n) is 3.29. The number of hydrogen-bond acceptors (Lipinski definition) is 2. The van der Waals surface area contributed by atoms with E-state index in [4.69, 9.17) is 4.74 Å². The molecule has 0 spiro atoms. The summed E-state index contributed by atoms with van der Waals surface area (Å²) in [6.07, 6.45) is 1.65. The average molecular weight is 147 g/mol. The fraction of sp³-hybridized carbons (Fsp3) is 0.222. The van der Waals surface area contributed by atoms with Crippen molar-refractivity contribution in [3.05, 3.63) is 24.0 Å². The molecule has 2 nitrogen and oxygen atoms in total. The highest BCUT2D eigenvalue weighted by Crippen LogP contribution is 2.06. The van der Waals surface area contributed by atoms with Crippen LogP contribution in [0.25, 0.3) is 0 Å². The van der Waals surface area contributed by atoms with Crippen molar-refractivity contribution in [2.75, 3.05) is 7.11 Å². The van der Waals surface area contributed by atoms with Gasteiger partial charge in [0.1, 0.15) is 11.4 Å². The molecular weight excluding hydrogens is 138 g/mol. The maximum absolute atomic E-state index is 4.94. The van der Waals surface area contributed by atoms with Crippen LogP contribution in [-0.4, -0.2) is 12.1 Å². The zero-order valence-corrected chi connectivity index (χ0v) is 6.59. The Hall–Kier alpha value is -1.49. The van der Waals surface area contributed by atoms with E-state index in [1.165, 1.54) is 0 Å². The monoisotopic (exact) mass is 147 g/mol. The van der Waals surface area contributed by atoms with Gasteiger partial charge in [-0.3, -0.25) is 0 Å². The van der Waals surface area contributed by atoms with Gasteiger partial charge in [0.15, 0.2) is 0 Å². The second-order valence-electron chi connectivity index (χ2n) is 1.96. The highest BCUT2D eigenvalue weighted by molar-refractivity contribution is 5.30. The van der Waals surface area contributed by atoms with Gasteiger partial charge in [-0.1, -0.05) is 5.92 Å². The van der Waals surface area contributed by atoms with Gasteiger partial charge in [-0.05, 0) is 25.0 Å². The summed E-state index contributed by atoms with van der Waals surface area (Å²) in [5.74, 6) is 6.37. The molecule has 0 aliphatic heterocycles.